The van der Waals surface area contributed by atoms with Crippen LogP contribution >= 0.6 is 12.2 Å². The summed E-state index contributed by atoms with van der Waals surface area (Å²) in [5, 5.41) is 9.24. The van der Waals surface area contributed by atoms with E-state index < -0.39 is 23.8 Å². The van der Waals surface area contributed by atoms with Crippen LogP contribution in [-0.4, -0.2) is 28.5 Å². The lowest BCUT2D eigenvalue weighted by molar-refractivity contribution is -0.140. The van der Waals surface area contributed by atoms with Gasteiger partial charge in [-0.15, -0.1) is 0 Å². The van der Waals surface area contributed by atoms with Gasteiger partial charge >= 0.3 is 12.1 Å². The summed E-state index contributed by atoms with van der Waals surface area (Å²) in [4.78, 5) is 30.0. The van der Waals surface area contributed by atoms with E-state index in [1.165, 1.54) is 21.9 Å². The molecular formula is C29H28F3N3O3S. The van der Waals surface area contributed by atoms with Gasteiger partial charge in [0.05, 0.1) is 35.4 Å². The molecule has 1 unspecified atom stereocenters. The van der Waals surface area contributed by atoms with Gasteiger partial charge in [0.2, 0.25) is 5.91 Å². The molecule has 204 valence electrons. The molecule has 1 fully saturated rings. The molecule has 4 rings (SSSR count). The molecule has 1 heterocycles. The van der Waals surface area contributed by atoms with Crippen molar-refractivity contribution in [3.8, 4) is 6.07 Å². The molecule has 0 saturated heterocycles. The van der Waals surface area contributed by atoms with Gasteiger partial charge in [-0.3, -0.25) is 14.6 Å². The number of carbonyl (C=O) groups is 2. The number of hydrogen-bond donors (Lipinski definition) is 0. The number of carbonyl (C=O) groups excluding carboxylic acids is 2. The first kappa shape index (κ1) is 28.3. The van der Waals surface area contributed by atoms with Crippen LogP contribution in [0, 0.1) is 17.2 Å². The van der Waals surface area contributed by atoms with Gasteiger partial charge in [0.15, 0.2) is 5.11 Å². The smallest absolute Gasteiger partial charge is 0.416 e. The van der Waals surface area contributed by atoms with Crippen molar-refractivity contribution >= 4 is 34.9 Å². The molecule has 1 atom stereocenters. The zero-order valence-corrected chi connectivity index (χ0v) is 22.4. The van der Waals surface area contributed by atoms with Crippen molar-refractivity contribution in [2.75, 3.05) is 11.5 Å². The number of anilines is 1. The summed E-state index contributed by atoms with van der Waals surface area (Å²) in [5.41, 5.74) is 0.467. The summed E-state index contributed by atoms with van der Waals surface area (Å²) in [6, 6.07) is 12.1. The summed E-state index contributed by atoms with van der Waals surface area (Å²) < 4.78 is 46.1. The minimum absolute atomic E-state index is 0.0303. The summed E-state index contributed by atoms with van der Waals surface area (Å²) in [6.45, 7) is 3.28. The SMILES string of the molecule is CCOC(=O)C1=C(C)N(c2cccc(C(F)(F)F)c2)C(=S)N(C(=O)CC2CCCC2)C1c1ccc(C#N)cc1. The van der Waals surface area contributed by atoms with Crippen LogP contribution in [0.4, 0.5) is 18.9 Å². The lowest BCUT2D eigenvalue weighted by Gasteiger charge is -2.44. The molecule has 39 heavy (non-hydrogen) atoms. The van der Waals surface area contributed by atoms with Gasteiger partial charge in [0.25, 0.3) is 0 Å². The fourth-order valence-corrected chi connectivity index (χ4v) is 5.72. The van der Waals surface area contributed by atoms with Gasteiger partial charge in [0.1, 0.15) is 0 Å². The van der Waals surface area contributed by atoms with Crippen molar-refractivity contribution in [3.63, 3.8) is 0 Å². The van der Waals surface area contributed by atoms with Crippen molar-refractivity contribution in [3.05, 3.63) is 76.5 Å². The molecule has 0 bridgehead atoms. The summed E-state index contributed by atoms with van der Waals surface area (Å²) in [7, 11) is 0. The second-order valence-electron chi connectivity index (χ2n) is 9.64. The third kappa shape index (κ3) is 5.83. The maximum atomic E-state index is 13.9. The summed E-state index contributed by atoms with van der Waals surface area (Å²) in [6.07, 6.45) is -0.581. The average molecular weight is 556 g/mol. The molecule has 2 aromatic rings. The molecule has 0 N–H and O–H groups in total. The number of amides is 1. The second kappa shape index (κ2) is 11.6. The van der Waals surface area contributed by atoms with Crippen LogP contribution in [0.5, 0.6) is 0 Å². The Bertz CT molecular complexity index is 1340. The van der Waals surface area contributed by atoms with Crippen LogP contribution in [0.3, 0.4) is 0 Å². The minimum atomic E-state index is -4.60. The molecule has 6 nitrogen and oxygen atoms in total. The summed E-state index contributed by atoms with van der Waals surface area (Å²) >= 11 is 5.80. The highest BCUT2D eigenvalue weighted by atomic mass is 32.1. The quantitative estimate of drug-likeness (QED) is 0.293. The van der Waals surface area contributed by atoms with Gasteiger partial charge in [-0.1, -0.05) is 31.0 Å². The molecular weight excluding hydrogens is 527 g/mol. The molecule has 1 amide bonds. The maximum absolute atomic E-state index is 13.9. The van der Waals surface area contributed by atoms with Crippen molar-refractivity contribution < 1.29 is 27.5 Å². The Morgan fingerprint density at radius 2 is 1.79 bits per heavy atom. The number of rotatable bonds is 6. The first-order chi connectivity index (χ1) is 18.6. The van der Waals surface area contributed by atoms with Crippen LogP contribution in [0.2, 0.25) is 0 Å². The number of allylic oxidation sites excluding steroid dienone is 1. The minimum Gasteiger partial charge on any atom is -0.463 e. The Morgan fingerprint density at radius 1 is 1.13 bits per heavy atom. The molecule has 2 aliphatic rings. The van der Waals surface area contributed by atoms with E-state index in [-0.39, 0.29) is 46.9 Å². The lowest BCUT2D eigenvalue weighted by Crippen LogP contribution is -2.53. The predicted octanol–water partition coefficient (Wildman–Crippen LogP) is 6.67. The molecule has 10 heteroatoms. The van der Waals surface area contributed by atoms with Crippen molar-refractivity contribution in [2.24, 2.45) is 5.92 Å². The van der Waals surface area contributed by atoms with E-state index >= 15 is 0 Å². The van der Waals surface area contributed by atoms with Crippen molar-refractivity contribution in [1.29, 1.82) is 5.26 Å². The van der Waals surface area contributed by atoms with Crippen LogP contribution in [0.1, 0.15) is 68.7 Å². The van der Waals surface area contributed by atoms with E-state index in [9.17, 15) is 28.0 Å². The number of halogens is 3. The average Bonchev–Trinajstić information content (AvgIpc) is 3.41. The highest BCUT2D eigenvalue weighted by Gasteiger charge is 2.44. The second-order valence-corrected chi connectivity index (χ2v) is 10.0. The van der Waals surface area contributed by atoms with E-state index in [1.807, 2.05) is 6.07 Å². The van der Waals surface area contributed by atoms with Crippen LogP contribution in [-0.2, 0) is 20.5 Å². The van der Waals surface area contributed by atoms with Crippen LogP contribution < -0.4 is 4.90 Å². The maximum Gasteiger partial charge on any atom is 0.416 e. The number of benzene rings is 2. The van der Waals surface area contributed by atoms with Crippen LogP contribution in [0.25, 0.3) is 0 Å². The Morgan fingerprint density at radius 3 is 2.38 bits per heavy atom. The number of alkyl halides is 3. The number of thiocarbonyl (C=S) groups is 1. The van der Waals surface area contributed by atoms with Crippen LogP contribution in [0.15, 0.2) is 59.8 Å². The molecule has 0 aromatic heterocycles. The number of hydrogen-bond acceptors (Lipinski definition) is 5. The molecule has 1 aliphatic heterocycles. The Balaban J connectivity index is 1.92. The third-order valence-electron chi connectivity index (χ3n) is 7.14. The predicted molar refractivity (Wildman–Crippen MR) is 143 cm³/mol. The van der Waals surface area contributed by atoms with Gasteiger partial charge < -0.3 is 4.74 Å². The topological polar surface area (TPSA) is 73.6 Å². The first-order valence-electron chi connectivity index (χ1n) is 12.8. The Hall–Kier alpha value is -3.71. The zero-order chi connectivity index (χ0) is 28.3. The van der Waals surface area contributed by atoms with E-state index in [0.29, 0.717) is 11.1 Å². The Kier molecular flexibility index (Phi) is 8.40. The summed E-state index contributed by atoms with van der Waals surface area (Å²) in [5.74, 6) is -0.878. The molecule has 2 aromatic carbocycles. The van der Waals surface area contributed by atoms with E-state index in [1.54, 1.807) is 38.1 Å². The van der Waals surface area contributed by atoms with E-state index in [4.69, 9.17) is 17.0 Å². The van der Waals surface area contributed by atoms with Crippen molar-refractivity contribution in [1.82, 2.24) is 4.90 Å². The third-order valence-corrected chi connectivity index (χ3v) is 7.52. The normalized spacial score (nSPS) is 18.4. The molecule has 1 aliphatic carbocycles. The van der Waals surface area contributed by atoms with E-state index in [0.717, 1.165) is 37.8 Å². The molecule has 0 radical (unpaired) electrons. The highest BCUT2D eigenvalue weighted by Crippen LogP contribution is 2.42. The van der Waals surface area contributed by atoms with E-state index in [2.05, 4.69) is 0 Å². The van der Waals surface area contributed by atoms with Gasteiger partial charge in [0, 0.05) is 17.8 Å². The number of nitriles is 1. The largest absolute Gasteiger partial charge is 0.463 e. The zero-order valence-electron chi connectivity index (χ0n) is 21.6. The fraction of sp³-hybridized carbons (Fsp3) is 0.379. The molecule has 0 spiro atoms. The number of ether oxygens (including phenoxy) is 1. The van der Waals surface area contributed by atoms with Gasteiger partial charge in [-0.25, -0.2) is 4.79 Å². The standard InChI is InChI=1S/C29H28F3N3O3S/c1-3-38-27(37)25-18(2)34(23-10-6-9-22(16-23)29(30,31)32)28(39)35(24(36)15-19-7-4-5-8-19)26(25)21-13-11-20(17-33)12-14-21/h6,9-14,16,19,26H,3-5,7-8,15H2,1-2H3. The van der Waals surface area contributed by atoms with Crippen molar-refractivity contribution in [2.45, 2.75) is 58.2 Å². The monoisotopic (exact) mass is 555 g/mol. The number of esters is 1. The number of nitrogens with zero attached hydrogens (tertiary/aromatic N) is 3. The van der Waals surface area contributed by atoms with Gasteiger partial charge in [-0.05, 0) is 80.7 Å². The van der Waals surface area contributed by atoms with Gasteiger partial charge in [-0.2, -0.15) is 18.4 Å². The highest BCUT2D eigenvalue weighted by molar-refractivity contribution is 7.80. The Labute approximate surface area is 230 Å². The first-order valence-corrected chi connectivity index (χ1v) is 13.2. The molecule has 1 saturated carbocycles. The fourth-order valence-electron chi connectivity index (χ4n) is 5.27. The lowest BCUT2D eigenvalue weighted by atomic mass is 9.91.